The number of allylic oxidation sites excluding steroid dienone is 1. The Kier molecular flexibility index (Phi) is 2.51. The van der Waals surface area contributed by atoms with Gasteiger partial charge >= 0.3 is 0 Å². The lowest BCUT2D eigenvalue weighted by Gasteiger charge is -2.23. The highest BCUT2D eigenvalue weighted by Gasteiger charge is 2.42. The van der Waals surface area contributed by atoms with Crippen molar-refractivity contribution in [2.24, 2.45) is 11.8 Å². The van der Waals surface area contributed by atoms with Gasteiger partial charge in [0.15, 0.2) is 0 Å². The van der Waals surface area contributed by atoms with Crippen molar-refractivity contribution in [1.29, 1.82) is 0 Å². The molecule has 18 heavy (non-hydrogen) atoms. The molecule has 2 amide bonds. The highest BCUT2D eigenvalue weighted by Crippen LogP contribution is 2.37. The summed E-state index contributed by atoms with van der Waals surface area (Å²) in [5.41, 5.74) is 0.971. The number of nitrogens with one attached hydrogen (secondary N) is 1. The first-order valence-corrected chi connectivity index (χ1v) is 5.93. The molecule has 1 fully saturated rings. The minimum absolute atomic E-state index is 0.0727. The fourth-order valence-electron chi connectivity index (χ4n) is 2.68. The number of fused-ring (bicyclic) bond motifs is 1. The monoisotopic (exact) mass is 245 g/mol. The molecule has 3 atom stereocenters. The van der Waals surface area contributed by atoms with Crippen LogP contribution in [0.3, 0.4) is 0 Å². The van der Waals surface area contributed by atoms with Crippen molar-refractivity contribution in [3.8, 4) is 0 Å². The Balaban J connectivity index is 1.87. The topological polar surface area (TPSA) is 46.2 Å². The second-order valence-corrected chi connectivity index (χ2v) is 4.76. The number of amides is 2. The van der Waals surface area contributed by atoms with Gasteiger partial charge in [-0.05, 0) is 24.1 Å². The number of carbonyl (C=O) groups is 2. The Hall–Kier alpha value is -1.97. The van der Waals surface area contributed by atoms with Gasteiger partial charge in [-0.25, -0.2) is 4.39 Å². The third kappa shape index (κ3) is 1.74. The van der Waals surface area contributed by atoms with E-state index >= 15 is 0 Å². The van der Waals surface area contributed by atoms with E-state index in [0.717, 1.165) is 5.56 Å². The molecule has 1 aliphatic carbocycles. The largest absolute Gasteiger partial charge is 0.296 e. The molecule has 1 aromatic rings. The van der Waals surface area contributed by atoms with E-state index in [4.69, 9.17) is 0 Å². The number of halogens is 1. The maximum atomic E-state index is 12.9. The van der Waals surface area contributed by atoms with Crippen LogP contribution >= 0.6 is 0 Å². The smallest absolute Gasteiger partial charge is 0.234 e. The Morgan fingerprint density at radius 3 is 2.50 bits per heavy atom. The average molecular weight is 245 g/mol. The Bertz CT molecular complexity index is 535. The van der Waals surface area contributed by atoms with Crippen LogP contribution in [0.4, 0.5) is 4.39 Å². The number of benzene rings is 1. The van der Waals surface area contributed by atoms with E-state index in [1.807, 2.05) is 6.08 Å². The van der Waals surface area contributed by atoms with Crippen LogP contribution in [0.1, 0.15) is 17.9 Å². The maximum Gasteiger partial charge on any atom is 0.234 e. The molecule has 2 aliphatic rings. The lowest BCUT2D eigenvalue weighted by molar-refractivity contribution is -0.126. The van der Waals surface area contributed by atoms with Crippen LogP contribution in [0.2, 0.25) is 0 Å². The molecule has 1 aromatic carbocycles. The molecule has 92 valence electrons. The van der Waals surface area contributed by atoms with E-state index in [1.165, 1.54) is 12.1 Å². The van der Waals surface area contributed by atoms with Crippen LogP contribution in [0.15, 0.2) is 36.4 Å². The fourth-order valence-corrected chi connectivity index (χ4v) is 2.68. The third-order valence-corrected chi connectivity index (χ3v) is 3.68. The predicted octanol–water partition coefficient (Wildman–Crippen LogP) is 1.76. The second kappa shape index (κ2) is 4.05. The molecule has 1 saturated heterocycles. The summed E-state index contributed by atoms with van der Waals surface area (Å²) < 4.78 is 12.9. The molecule has 1 N–H and O–H groups in total. The van der Waals surface area contributed by atoms with Crippen LogP contribution in [0.5, 0.6) is 0 Å². The molecule has 0 spiro atoms. The van der Waals surface area contributed by atoms with Gasteiger partial charge in [-0.15, -0.1) is 0 Å². The molecule has 3 rings (SSSR count). The van der Waals surface area contributed by atoms with Crippen LogP contribution in [-0.4, -0.2) is 11.8 Å². The van der Waals surface area contributed by atoms with E-state index in [0.29, 0.717) is 6.42 Å². The lowest BCUT2D eigenvalue weighted by Crippen LogP contribution is -2.23. The van der Waals surface area contributed by atoms with Crippen molar-refractivity contribution in [2.75, 3.05) is 0 Å². The van der Waals surface area contributed by atoms with Crippen molar-refractivity contribution in [1.82, 2.24) is 5.32 Å². The van der Waals surface area contributed by atoms with Gasteiger partial charge < -0.3 is 0 Å². The second-order valence-electron chi connectivity index (χ2n) is 4.76. The minimum Gasteiger partial charge on any atom is -0.296 e. The van der Waals surface area contributed by atoms with Gasteiger partial charge in [0, 0.05) is 5.92 Å². The molecule has 4 heteroatoms. The molecular formula is C14H12FNO2. The van der Waals surface area contributed by atoms with Crippen molar-refractivity contribution in [3.63, 3.8) is 0 Å². The zero-order valence-electron chi connectivity index (χ0n) is 9.60. The maximum absolute atomic E-state index is 12.9. The molecule has 1 unspecified atom stereocenters. The molecule has 1 aliphatic heterocycles. The molecular weight excluding hydrogens is 233 g/mol. The van der Waals surface area contributed by atoms with Gasteiger partial charge in [-0.2, -0.15) is 0 Å². The first kappa shape index (κ1) is 11.1. The predicted molar refractivity (Wildman–Crippen MR) is 63.0 cm³/mol. The first-order chi connectivity index (χ1) is 8.65. The summed E-state index contributed by atoms with van der Waals surface area (Å²) in [5, 5.41) is 2.35. The summed E-state index contributed by atoms with van der Waals surface area (Å²) in [4.78, 5) is 23.1. The van der Waals surface area contributed by atoms with Crippen LogP contribution < -0.4 is 5.32 Å². The Labute approximate surface area is 104 Å². The van der Waals surface area contributed by atoms with Gasteiger partial charge in [-0.3, -0.25) is 14.9 Å². The Morgan fingerprint density at radius 2 is 1.78 bits per heavy atom. The van der Waals surface area contributed by atoms with Gasteiger partial charge in [-0.1, -0.05) is 24.3 Å². The minimum atomic E-state index is -0.325. The number of rotatable bonds is 1. The Morgan fingerprint density at radius 1 is 1.06 bits per heavy atom. The van der Waals surface area contributed by atoms with Crippen molar-refractivity contribution in [2.45, 2.75) is 12.3 Å². The van der Waals surface area contributed by atoms with E-state index in [9.17, 15) is 14.0 Å². The van der Waals surface area contributed by atoms with E-state index in [1.54, 1.807) is 18.2 Å². The quantitative estimate of drug-likeness (QED) is 0.605. The molecule has 3 nitrogen and oxygen atoms in total. The first-order valence-electron chi connectivity index (χ1n) is 5.93. The number of hydrogen-bond acceptors (Lipinski definition) is 2. The molecule has 0 bridgehead atoms. The highest BCUT2D eigenvalue weighted by atomic mass is 19.1. The molecule has 0 saturated carbocycles. The average Bonchev–Trinajstić information content (AvgIpc) is 2.66. The number of carbonyl (C=O) groups excluding carboxylic acids is 2. The summed E-state index contributed by atoms with van der Waals surface area (Å²) in [6.45, 7) is 0. The SMILES string of the molecule is O=C1NC(=O)[C@@H]2C=CC(c3ccc(F)cc3)C[C@H]12. The van der Waals surface area contributed by atoms with Crippen molar-refractivity contribution >= 4 is 11.8 Å². The number of hydrogen-bond donors (Lipinski definition) is 1. The third-order valence-electron chi connectivity index (χ3n) is 3.68. The fraction of sp³-hybridized carbons (Fsp3) is 0.286. The summed E-state index contributed by atoms with van der Waals surface area (Å²) in [5.74, 6) is -1.21. The zero-order valence-corrected chi connectivity index (χ0v) is 9.60. The van der Waals surface area contributed by atoms with Crippen LogP contribution in [-0.2, 0) is 9.59 Å². The summed E-state index contributed by atoms with van der Waals surface area (Å²) in [6.07, 6.45) is 4.33. The van der Waals surface area contributed by atoms with Crippen LogP contribution in [0, 0.1) is 17.7 Å². The van der Waals surface area contributed by atoms with E-state index < -0.39 is 0 Å². The van der Waals surface area contributed by atoms with Crippen LogP contribution in [0.25, 0.3) is 0 Å². The van der Waals surface area contributed by atoms with Crippen molar-refractivity contribution in [3.05, 3.63) is 47.8 Å². The summed E-state index contributed by atoms with van der Waals surface area (Å²) in [6, 6.07) is 6.27. The molecule has 0 radical (unpaired) electrons. The summed E-state index contributed by atoms with van der Waals surface area (Å²) in [7, 11) is 0. The van der Waals surface area contributed by atoms with Gasteiger partial charge in [0.25, 0.3) is 0 Å². The van der Waals surface area contributed by atoms with Gasteiger partial charge in [0.1, 0.15) is 5.82 Å². The molecule has 1 heterocycles. The normalized spacial score (nSPS) is 30.2. The standard InChI is InChI=1S/C14H12FNO2/c15-10-4-1-8(2-5-10)9-3-6-11-12(7-9)14(18)16-13(11)17/h1-6,9,11-12H,7H2,(H,16,17,18)/t9?,11-,12+/m1/s1. The number of imide groups is 1. The zero-order chi connectivity index (χ0) is 12.7. The molecule has 0 aromatic heterocycles. The van der Waals surface area contributed by atoms with E-state index in [-0.39, 0.29) is 35.4 Å². The van der Waals surface area contributed by atoms with E-state index in [2.05, 4.69) is 5.32 Å². The van der Waals surface area contributed by atoms with Crippen molar-refractivity contribution < 1.29 is 14.0 Å². The summed E-state index contributed by atoms with van der Waals surface area (Å²) >= 11 is 0. The van der Waals surface area contributed by atoms with Gasteiger partial charge in [0.2, 0.25) is 11.8 Å². The lowest BCUT2D eigenvalue weighted by atomic mass is 9.78. The highest BCUT2D eigenvalue weighted by molar-refractivity contribution is 6.06. The van der Waals surface area contributed by atoms with Gasteiger partial charge in [0.05, 0.1) is 11.8 Å².